The number of anilines is 1. The number of benzene rings is 1. The minimum atomic E-state index is 0.186. The van der Waals surface area contributed by atoms with E-state index in [0.29, 0.717) is 6.54 Å². The van der Waals surface area contributed by atoms with Gasteiger partial charge in [-0.25, -0.2) is 0 Å². The molecule has 1 N–H and O–H groups in total. The molecule has 0 bridgehead atoms. The molecule has 26 heavy (non-hydrogen) atoms. The van der Waals surface area contributed by atoms with Crippen molar-refractivity contribution < 1.29 is 4.79 Å². The highest BCUT2D eigenvalue weighted by molar-refractivity contribution is 5.78. The summed E-state index contributed by atoms with van der Waals surface area (Å²) in [6, 6.07) is 14.1. The van der Waals surface area contributed by atoms with Gasteiger partial charge in [-0.05, 0) is 31.5 Å². The maximum absolute atomic E-state index is 12.3. The highest BCUT2D eigenvalue weighted by atomic mass is 16.2. The lowest BCUT2D eigenvalue weighted by atomic mass is 10.1. The highest BCUT2D eigenvalue weighted by Crippen LogP contribution is 2.19. The summed E-state index contributed by atoms with van der Waals surface area (Å²) in [4.78, 5) is 16.5. The molecule has 1 fully saturated rings. The number of aromatic nitrogens is 2. The van der Waals surface area contributed by atoms with Crippen LogP contribution in [0.5, 0.6) is 0 Å². The van der Waals surface area contributed by atoms with Crippen molar-refractivity contribution in [3.05, 3.63) is 42.5 Å². The zero-order chi connectivity index (χ0) is 18.2. The standard InChI is InChI=1S/C20H27N5O/c1-2-11-21-16-20(26)25-13-6-12-24(14-15-25)19-10-9-18(22-23-19)17-7-4-3-5-8-17/h3-5,7-10,21H,2,6,11-16H2,1H3. The smallest absolute Gasteiger partial charge is 0.236 e. The van der Waals surface area contributed by atoms with Crippen molar-refractivity contribution in [1.29, 1.82) is 0 Å². The monoisotopic (exact) mass is 353 g/mol. The van der Waals surface area contributed by atoms with Crippen molar-refractivity contribution in [3.63, 3.8) is 0 Å². The van der Waals surface area contributed by atoms with Gasteiger partial charge in [0.1, 0.15) is 0 Å². The van der Waals surface area contributed by atoms with Crippen molar-refractivity contribution in [2.45, 2.75) is 19.8 Å². The molecule has 6 nitrogen and oxygen atoms in total. The van der Waals surface area contributed by atoms with Crippen LogP contribution in [0.15, 0.2) is 42.5 Å². The van der Waals surface area contributed by atoms with Gasteiger partial charge in [0.05, 0.1) is 12.2 Å². The van der Waals surface area contributed by atoms with Crippen molar-refractivity contribution in [2.75, 3.05) is 44.2 Å². The molecule has 0 atom stereocenters. The van der Waals surface area contributed by atoms with E-state index in [4.69, 9.17) is 0 Å². The third-order valence-corrected chi connectivity index (χ3v) is 4.60. The molecule has 138 valence electrons. The average molecular weight is 353 g/mol. The first kappa shape index (κ1) is 18.3. The molecule has 6 heteroatoms. The molecule has 2 aromatic rings. The third-order valence-electron chi connectivity index (χ3n) is 4.60. The van der Waals surface area contributed by atoms with Gasteiger partial charge in [0.2, 0.25) is 5.91 Å². The molecule has 1 amide bonds. The van der Waals surface area contributed by atoms with Crippen LogP contribution >= 0.6 is 0 Å². The summed E-state index contributed by atoms with van der Waals surface area (Å²) in [6.07, 6.45) is 1.99. The van der Waals surface area contributed by atoms with Crippen LogP contribution in [-0.2, 0) is 4.79 Å². The number of carbonyl (C=O) groups excluding carboxylic acids is 1. The van der Waals surface area contributed by atoms with E-state index < -0.39 is 0 Å². The van der Waals surface area contributed by atoms with Gasteiger partial charge < -0.3 is 15.1 Å². The maximum Gasteiger partial charge on any atom is 0.236 e. The lowest BCUT2D eigenvalue weighted by Gasteiger charge is -2.22. The van der Waals surface area contributed by atoms with Crippen molar-refractivity contribution in [3.8, 4) is 11.3 Å². The average Bonchev–Trinajstić information content (AvgIpc) is 2.95. The molecule has 1 aliphatic rings. The highest BCUT2D eigenvalue weighted by Gasteiger charge is 2.19. The van der Waals surface area contributed by atoms with Gasteiger partial charge in [-0.2, -0.15) is 0 Å². The Kier molecular flexibility index (Phi) is 6.55. The van der Waals surface area contributed by atoms with Crippen molar-refractivity contribution >= 4 is 11.7 Å². The van der Waals surface area contributed by atoms with E-state index in [9.17, 15) is 4.79 Å². The molecule has 1 aromatic heterocycles. The van der Waals surface area contributed by atoms with Gasteiger partial charge in [-0.15, -0.1) is 10.2 Å². The van der Waals surface area contributed by atoms with Crippen LogP contribution in [0.25, 0.3) is 11.3 Å². The molecular weight excluding hydrogens is 326 g/mol. The van der Waals surface area contributed by atoms with Crippen LogP contribution in [0.4, 0.5) is 5.82 Å². The van der Waals surface area contributed by atoms with Crippen LogP contribution in [-0.4, -0.2) is 60.3 Å². The number of carbonyl (C=O) groups is 1. The zero-order valence-corrected chi connectivity index (χ0v) is 15.4. The molecule has 1 aliphatic heterocycles. The Hall–Kier alpha value is -2.47. The second kappa shape index (κ2) is 9.29. The topological polar surface area (TPSA) is 61.4 Å². The van der Waals surface area contributed by atoms with Gasteiger partial charge in [-0.1, -0.05) is 37.3 Å². The second-order valence-electron chi connectivity index (χ2n) is 6.54. The predicted molar refractivity (Wildman–Crippen MR) is 104 cm³/mol. The van der Waals surface area contributed by atoms with Crippen LogP contribution in [0.2, 0.25) is 0 Å². The van der Waals surface area contributed by atoms with Gasteiger partial charge >= 0.3 is 0 Å². The van der Waals surface area contributed by atoms with E-state index >= 15 is 0 Å². The SMILES string of the molecule is CCCNCC(=O)N1CCCN(c2ccc(-c3ccccc3)nn2)CC1. The lowest BCUT2D eigenvalue weighted by molar-refractivity contribution is -0.130. The second-order valence-corrected chi connectivity index (χ2v) is 6.54. The Balaban J connectivity index is 1.58. The summed E-state index contributed by atoms with van der Waals surface area (Å²) in [6.45, 7) is 6.64. The molecular formula is C20H27N5O. The summed E-state index contributed by atoms with van der Waals surface area (Å²) in [5.41, 5.74) is 1.95. The zero-order valence-electron chi connectivity index (χ0n) is 15.4. The molecule has 0 spiro atoms. The molecule has 0 saturated carbocycles. The molecule has 1 saturated heterocycles. The van der Waals surface area contributed by atoms with E-state index in [1.54, 1.807) is 0 Å². The first-order chi connectivity index (χ1) is 12.8. The maximum atomic E-state index is 12.3. The normalized spacial score (nSPS) is 15.0. The summed E-state index contributed by atoms with van der Waals surface area (Å²) in [5.74, 6) is 1.06. The molecule has 0 radical (unpaired) electrons. The number of nitrogens with one attached hydrogen (secondary N) is 1. The Morgan fingerprint density at radius 3 is 2.62 bits per heavy atom. The Bertz CT molecular complexity index is 689. The lowest BCUT2D eigenvalue weighted by Crippen LogP contribution is -2.40. The van der Waals surface area contributed by atoms with E-state index in [0.717, 1.165) is 62.6 Å². The number of nitrogens with zero attached hydrogens (tertiary/aromatic N) is 4. The minimum absolute atomic E-state index is 0.186. The fraction of sp³-hybridized carbons (Fsp3) is 0.450. The third kappa shape index (κ3) is 4.79. The Labute approximate surface area is 155 Å². The first-order valence-corrected chi connectivity index (χ1v) is 9.40. The van der Waals surface area contributed by atoms with Crippen molar-refractivity contribution in [1.82, 2.24) is 20.4 Å². The largest absolute Gasteiger partial charge is 0.353 e. The quantitative estimate of drug-likeness (QED) is 0.807. The van der Waals surface area contributed by atoms with Crippen LogP contribution in [0, 0.1) is 0 Å². The summed E-state index contributed by atoms with van der Waals surface area (Å²) in [5, 5.41) is 12.0. The Morgan fingerprint density at radius 1 is 1.04 bits per heavy atom. The predicted octanol–water partition coefficient (Wildman–Crippen LogP) is 2.18. The van der Waals surface area contributed by atoms with E-state index in [1.807, 2.05) is 47.4 Å². The van der Waals surface area contributed by atoms with Gasteiger partial charge in [0.25, 0.3) is 0 Å². The van der Waals surface area contributed by atoms with Crippen molar-refractivity contribution in [2.24, 2.45) is 0 Å². The molecule has 0 unspecified atom stereocenters. The molecule has 0 aliphatic carbocycles. The summed E-state index contributed by atoms with van der Waals surface area (Å²) in [7, 11) is 0. The van der Waals surface area contributed by atoms with Gasteiger partial charge in [0.15, 0.2) is 5.82 Å². The number of hydrogen-bond donors (Lipinski definition) is 1. The summed E-state index contributed by atoms with van der Waals surface area (Å²) < 4.78 is 0. The fourth-order valence-corrected chi connectivity index (χ4v) is 3.14. The molecule has 3 rings (SSSR count). The molecule has 1 aromatic carbocycles. The summed E-state index contributed by atoms with van der Waals surface area (Å²) >= 11 is 0. The fourth-order valence-electron chi connectivity index (χ4n) is 3.14. The molecule has 2 heterocycles. The van der Waals surface area contributed by atoms with Crippen LogP contribution in [0.3, 0.4) is 0 Å². The van der Waals surface area contributed by atoms with Gasteiger partial charge in [-0.3, -0.25) is 4.79 Å². The van der Waals surface area contributed by atoms with Crippen LogP contribution < -0.4 is 10.2 Å². The van der Waals surface area contributed by atoms with E-state index in [2.05, 4.69) is 27.3 Å². The van der Waals surface area contributed by atoms with E-state index in [-0.39, 0.29) is 5.91 Å². The first-order valence-electron chi connectivity index (χ1n) is 9.40. The Morgan fingerprint density at radius 2 is 1.88 bits per heavy atom. The number of hydrogen-bond acceptors (Lipinski definition) is 5. The van der Waals surface area contributed by atoms with Gasteiger partial charge in [0, 0.05) is 31.7 Å². The minimum Gasteiger partial charge on any atom is -0.353 e. The number of amides is 1. The van der Waals surface area contributed by atoms with E-state index in [1.165, 1.54) is 0 Å². The number of rotatable bonds is 6. The van der Waals surface area contributed by atoms with Crippen LogP contribution in [0.1, 0.15) is 19.8 Å².